The maximum atomic E-state index is 14.1. The predicted octanol–water partition coefficient (Wildman–Crippen LogP) is 3.47. The predicted molar refractivity (Wildman–Crippen MR) is 349 cm³/mol. The molecule has 4 aromatic rings. The molecule has 0 bridgehead atoms. The molecule has 2 aliphatic heterocycles. The van der Waals surface area contributed by atoms with Gasteiger partial charge in [-0.05, 0) is 110 Å². The van der Waals surface area contributed by atoms with Crippen LogP contribution in [0.1, 0.15) is 126 Å². The van der Waals surface area contributed by atoms with E-state index >= 15 is 0 Å². The summed E-state index contributed by atoms with van der Waals surface area (Å²) in [7, 11) is 0. The molecule has 2 atom stereocenters. The van der Waals surface area contributed by atoms with Crippen molar-refractivity contribution < 1.29 is 53.7 Å². The quantitative estimate of drug-likeness (QED) is 0.0334. The Kier molecular flexibility index (Phi) is 25.9. The number of hydrogen-bond donors (Lipinski definition) is 13. The van der Waals surface area contributed by atoms with Crippen molar-refractivity contribution in [3.05, 3.63) is 112 Å². The van der Waals surface area contributed by atoms with E-state index < -0.39 is 77.3 Å². The molecule has 494 valence electrons. The van der Waals surface area contributed by atoms with Gasteiger partial charge in [0.15, 0.2) is 11.7 Å². The van der Waals surface area contributed by atoms with Crippen LogP contribution in [0.2, 0.25) is 0 Å². The van der Waals surface area contributed by atoms with Crippen molar-refractivity contribution >= 4 is 82.0 Å². The summed E-state index contributed by atoms with van der Waals surface area (Å²) < 4.78 is 0. The van der Waals surface area contributed by atoms with Crippen LogP contribution in [-0.2, 0) is 51.4 Å². The summed E-state index contributed by atoms with van der Waals surface area (Å²) in [6.45, 7) is 16.8. The van der Waals surface area contributed by atoms with E-state index in [1.54, 1.807) is 72.2 Å². The highest BCUT2D eigenvalue weighted by atomic mass is 16.3. The first-order valence-corrected chi connectivity index (χ1v) is 31.0. The van der Waals surface area contributed by atoms with Crippen LogP contribution in [0.5, 0.6) is 17.2 Å². The van der Waals surface area contributed by atoms with Gasteiger partial charge in [-0.1, -0.05) is 52.0 Å². The number of hydrogen-bond acceptors (Lipinski definition) is 17. The number of phenols is 3. The minimum atomic E-state index is -1.40. The molecule has 0 aliphatic carbocycles. The fourth-order valence-electron chi connectivity index (χ4n) is 10.6. The molecule has 8 amide bonds. The maximum absolute atomic E-state index is 14.1. The Balaban J connectivity index is 1.06. The van der Waals surface area contributed by atoms with Gasteiger partial charge in [-0.15, -0.1) is 0 Å². The highest BCUT2D eigenvalue weighted by molar-refractivity contribution is 6.48. The van der Waals surface area contributed by atoms with Crippen LogP contribution in [0.15, 0.2) is 78.9 Å². The second kappa shape index (κ2) is 33.3. The molecule has 0 aromatic heterocycles. The van der Waals surface area contributed by atoms with Crippen LogP contribution in [-0.4, -0.2) is 190 Å². The van der Waals surface area contributed by atoms with E-state index in [1.807, 2.05) is 39.8 Å². The van der Waals surface area contributed by atoms with Gasteiger partial charge in [-0.2, -0.15) is 0 Å². The third-order valence-corrected chi connectivity index (χ3v) is 15.8. The largest absolute Gasteiger partial charge is 0.508 e. The molecule has 0 unspecified atom stereocenters. The number of amidine groups is 4. The Bertz CT molecular complexity index is 3380. The molecule has 4 aromatic carbocycles. The number of rotatable bonds is 25. The van der Waals surface area contributed by atoms with E-state index in [4.69, 9.17) is 27.4 Å². The van der Waals surface area contributed by atoms with Gasteiger partial charge in [0.2, 0.25) is 35.4 Å². The highest BCUT2D eigenvalue weighted by Gasteiger charge is 2.34. The third kappa shape index (κ3) is 19.4. The molecule has 92 heavy (non-hydrogen) atoms. The van der Waals surface area contributed by atoms with Crippen molar-refractivity contribution in [2.75, 3.05) is 81.8 Å². The number of nitrogens with two attached hydrogens (primary N) is 1. The molecular weight excluding hydrogens is 1180 g/mol. The number of nitrogens with zero attached hydrogens (tertiary/aromatic N) is 6. The molecule has 2 fully saturated rings. The van der Waals surface area contributed by atoms with Gasteiger partial charge in [0.1, 0.15) is 41.0 Å². The van der Waals surface area contributed by atoms with Gasteiger partial charge in [-0.3, -0.25) is 79.6 Å². The second-order valence-electron chi connectivity index (χ2n) is 23.4. The highest BCUT2D eigenvalue weighted by Crippen LogP contribution is 2.34. The Hall–Kier alpha value is -9.76. The van der Waals surface area contributed by atoms with Crippen LogP contribution in [0.25, 0.3) is 0 Å². The minimum absolute atomic E-state index is 0.00733. The average Bonchev–Trinajstić information content (AvgIpc) is 1.02. The first kappa shape index (κ1) is 71.3. The zero-order valence-electron chi connectivity index (χ0n) is 53.4. The molecule has 27 nitrogen and oxygen atoms in total. The Morgan fingerprint density at radius 2 is 1.05 bits per heavy atom. The van der Waals surface area contributed by atoms with Gasteiger partial charge in [0, 0.05) is 127 Å². The van der Waals surface area contributed by atoms with Crippen molar-refractivity contribution in [3.8, 4) is 17.2 Å². The number of piperazine rings is 2. The number of likely N-dealkylation sites (N-methyl/N-ethyl adjacent to an activating group) is 2. The lowest BCUT2D eigenvalue weighted by Gasteiger charge is -2.36. The van der Waals surface area contributed by atoms with Crippen molar-refractivity contribution in [1.82, 2.24) is 46.2 Å². The van der Waals surface area contributed by atoms with Gasteiger partial charge in [-0.25, -0.2) is 0 Å². The Morgan fingerprint density at radius 1 is 0.554 bits per heavy atom. The lowest BCUT2D eigenvalue weighted by molar-refractivity contribution is -0.140. The smallest absolute Gasteiger partial charge is 0.287 e. The van der Waals surface area contributed by atoms with Gasteiger partial charge < -0.3 is 57.4 Å². The van der Waals surface area contributed by atoms with Crippen molar-refractivity contribution in [2.45, 2.75) is 118 Å². The second-order valence-corrected chi connectivity index (χ2v) is 23.4. The van der Waals surface area contributed by atoms with Gasteiger partial charge in [0.05, 0.1) is 12.0 Å². The Morgan fingerprint density at radius 3 is 1.55 bits per heavy atom. The SMILES string of the molecule is CCNC(=O)C(=N)N(C(=N)c1ccc(O)c(C(C)C)c1)c1ccc(CN2CCN(C(=O)[C@@H](C)NC(=O)[C@H](CC(=O)N3CCN(Cc4ccc(N(C(=N)C(=O)NCC)C(=N)c5cc(C(C)C)c(O)cc5O)cc4)CC3)NC(=O)CCNC(=O)CCCC(N)=O)CC2)cc1. The first-order valence-electron chi connectivity index (χ1n) is 31.0. The number of phenolic OH excluding ortho intramolecular Hbond substituents is 3. The standard InChI is InChI=1S/C65H88N16O11/c1-8-71-63(90)60(69)80(58(67)44-17-22-51(82)47(33-44)39(3)4)45-18-13-42(14-19-45)38-77-27-31-79(32-28-77)65(92)41(7)74-62(89)50(75-56(87)23-24-73-55(86)12-10-11-54(66)85)35-57(88)78-29-25-76(26-30-78)37-43-15-20-46(21-16-43)81(61(70)64(91)72-9-2)59(68)49-34-48(40(5)6)52(83)36-53(49)84/h13-22,33-34,36,39-41,50,67-70,82-84H,8-12,23-32,35,37-38H2,1-7H3,(H2,66,85)(H,71,90)(H,72,91)(H,73,86)(H,74,89)(H,75,87)/t41-,50+/m1/s1. The number of carbonyl (C=O) groups is 8. The molecule has 0 saturated carbocycles. The normalized spacial score (nSPS) is 14.1. The van der Waals surface area contributed by atoms with Gasteiger partial charge in [0.25, 0.3) is 11.8 Å². The average molecular weight is 1270 g/mol. The summed E-state index contributed by atoms with van der Waals surface area (Å²) in [5, 5.41) is 80.7. The minimum Gasteiger partial charge on any atom is -0.508 e. The Labute approximate surface area is 536 Å². The zero-order valence-corrected chi connectivity index (χ0v) is 53.4. The maximum Gasteiger partial charge on any atom is 0.287 e. The molecule has 2 aliphatic rings. The molecule has 2 saturated heterocycles. The van der Waals surface area contributed by atoms with E-state index in [0.717, 1.165) is 22.1 Å². The number of carbonyl (C=O) groups excluding carboxylic acids is 8. The molecule has 0 radical (unpaired) electrons. The molecule has 6 rings (SSSR count). The summed E-state index contributed by atoms with van der Waals surface area (Å²) in [5.41, 5.74) is 9.12. The van der Waals surface area contributed by atoms with E-state index in [1.165, 1.54) is 24.0 Å². The van der Waals surface area contributed by atoms with Crippen molar-refractivity contribution in [1.29, 1.82) is 21.6 Å². The first-order chi connectivity index (χ1) is 43.7. The lowest BCUT2D eigenvalue weighted by atomic mass is 9.98. The zero-order chi connectivity index (χ0) is 67.5. The number of amides is 8. The summed E-state index contributed by atoms with van der Waals surface area (Å²) in [6, 6.07) is 18.9. The number of benzene rings is 4. The number of aromatic hydroxyl groups is 3. The summed E-state index contributed by atoms with van der Waals surface area (Å²) in [5.74, 6) is -6.75. The van der Waals surface area contributed by atoms with Crippen LogP contribution < -0.4 is 42.1 Å². The molecule has 14 N–H and O–H groups in total. The van der Waals surface area contributed by atoms with Crippen molar-refractivity contribution in [2.24, 2.45) is 5.73 Å². The molecule has 0 spiro atoms. The van der Waals surface area contributed by atoms with Crippen LogP contribution in [0.3, 0.4) is 0 Å². The fourth-order valence-corrected chi connectivity index (χ4v) is 10.6. The van der Waals surface area contributed by atoms with Crippen LogP contribution >= 0.6 is 0 Å². The van der Waals surface area contributed by atoms with E-state index in [9.17, 15) is 53.7 Å². The lowest BCUT2D eigenvalue weighted by Crippen LogP contribution is -2.57. The van der Waals surface area contributed by atoms with Crippen LogP contribution in [0.4, 0.5) is 11.4 Å². The van der Waals surface area contributed by atoms with Crippen molar-refractivity contribution in [3.63, 3.8) is 0 Å². The number of nitrogens with one attached hydrogen (secondary N) is 9. The molecule has 27 heteroatoms. The van der Waals surface area contributed by atoms with E-state index in [2.05, 4.69) is 36.4 Å². The summed E-state index contributed by atoms with van der Waals surface area (Å²) in [6.07, 6.45) is -0.423. The summed E-state index contributed by atoms with van der Waals surface area (Å²) in [4.78, 5) is 115. The number of anilines is 2. The topological polar surface area (TPSA) is 398 Å². The molecular formula is C65H88N16O11. The van der Waals surface area contributed by atoms with E-state index in [-0.39, 0.29) is 105 Å². The number of primary amides is 1. The summed E-state index contributed by atoms with van der Waals surface area (Å²) >= 11 is 0. The van der Waals surface area contributed by atoms with Crippen LogP contribution in [0, 0.1) is 21.6 Å². The third-order valence-electron chi connectivity index (χ3n) is 15.8. The monoisotopic (exact) mass is 1270 g/mol. The van der Waals surface area contributed by atoms with E-state index in [0.29, 0.717) is 80.4 Å². The van der Waals surface area contributed by atoms with Gasteiger partial charge >= 0.3 is 0 Å². The fraction of sp³-hybridized carbons (Fsp3) is 0.446. The molecule has 2 heterocycles.